The zero-order valence-corrected chi connectivity index (χ0v) is 16.3. The predicted molar refractivity (Wildman–Crippen MR) is 104 cm³/mol. The van der Waals surface area contributed by atoms with Gasteiger partial charge < -0.3 is 29.4 Å². The molecule has 6 atom stereocenters. The van der Waals surface area contributed by atoms with Gasteiger partial charge in [0.05, 0.1) is 12.2 Å². The molecule has 0 aliphatic carbocycles. The van der Waals surface area contributed by atoms with Crippen molar-refractivity contribution in [3.63, 3.8) is 0 Å². The fraction of sp³-hybridized carbons (Fsp3) is 0.364. The Morgan fingerprint density at radius 2 is 1.70 bits per heavy atom. The van der Waals surface area contributed by atoms with E-state index in [2.05, 4.69) is 5.32 Å². The average molecular weight is 413 g/mol. The van der Waals surface area contributed by atoms with Gasteiger partial charge in [0.2, 0.25) is 5.91 Å². The summed E-state index contributed by atoms with van der Waals surface area (Å²) in [5.41, 5.74) is 1.15. The number of amides is 1. The first-order valence-corrected chi connectivity index (χ1v) is 9.71. The van der Waals surface area contributed by atoms with Gasteiger partial charge >= 0.3 is 5.97 Å². The van der Waals surface area contributed by atoms with Gasteiger partial charge in [0, 0.05) is 12.5 Å². The molecule has 1 unspecified atom stereocenters. The van der Waals surface area contributed by atoms with Crippen molar-refractivity contribution in [3.8, 4) is 0 Å². The predicted octanol–water partition coefficient (Wildman–Crippen LogP) is 1.55. The molecule has 2 N–H and O–H groups in total. The van der Waals surface area contributed by atoms with E-state index in [-0.39, 0.29) is 6.61 Å². The van der Waals surface area contributed by atoms with E-state index in [1.165, 1.54) is 6.92 Å². The molecular formula is C22H23NO7. The average Bonchev–Trinajstić information content (AvgIpc) is 2.77. The second-order valence-electron chi connectivity index (χ2n) is 7.20. The molecule has 0 saturated carbocycles. The Labute approximate surface area is 173 Å². The molecule has 2 aromatic rings. The number of rotatable bonds is 4. The Morgan fingerprint density at radius 1 is 1.03 bits per heavy atom. The molecule has 2 saturated heterocycles. The zero-order valence-electron chi connectivity index (χ0n) is 16.3. The SMILES string of the molecule is CC(=O)N[C@@H]1[C@@H](OC(=O)c2ccccc2)[C@H]2OC(c3ccccc3)OC[C@H]2O[C@@H]1O. The number of hydrogen-bond acceptors (Lipinski definition) is 7. The van der Waals surface area contributed by atoms with Crippen LogP contribution < -0.4 is 5.32 Å². The maximum Gasteiger partial charge on any atom is 0.338 e. The highest BCUT2D eigenvalue weighted by molar-refractivity contribution is 5.89. The van der Waals surface area contributed by atoms with E-state index in [0.29, 0.717) is 5.56 Å². The fourth-order valence-corrected chi connectivity index (χ4v) is 3.66. The van der Waals surface area contributed by atoms with Crippen LogP contribution in [0.5, 0.6) is 0 Å². The van der Waals surface area contributed by atoms with Crippen molar-refractivity contribution in [2.45, 2.75) is 43.9 Å². The van der Waals surface area contributed by atoms with Crippen LogP contribution in [0.3, 0.4) is 0 Å². The van der Waals surface area contributed by atoms with Crippen LogP contribution in [-0.4, -0.2) is 54.2 Å². The molecule has 2 aliphatic rings. The summed E-state index contributed by atoms with van der Waals surface area (Å²) in [7, 11) is 0. The molecule has 0 spiro atoms. The molecule has 2 heterocycles. The van der Waals surface area contributed by atoms with Crippen LogP contribution in [0.15, 0.2) is 60.7 Å². The number of ether oxygens (including phenoxy) is 4. The molecule has 30 heavy (non-hydrogen) atoms. The van der Waals surface area contributed by atoms with Crippen molar-refractivity contribution in [1.82, 2.24) is 5.32 Å². The second kappa shape index (κ2) is 8.93. The van der Waals surface area contributed by atoms with Crippen molar-refractivity contribution in [2.75, 3.05) is 6.61 Å². The van der Waals surface area contributed by atoms with Crippen molar-refractivity contribution in [3.05, 3.63) is 71.8 Å². The first kappa shape index (κ1) is 20.5. The third-order valence-corrected chi connectivity index (χ3v) is 5.05. The van der Waals surface area contributed by atoms with E-state index in [4.69, 9.17) is 18.9 Å². The summed E-state index contributed by atoms with van der Waals surface area (Å²) in [6.07, 6.45) is -4.48. The fourth-order valence-electron chi connectivity index (χ4n) is 3.66. The number of fused-ring (bicyclic) bond motifs is 1. The number of aliphatic hydroxyl groups is 1. The minimum Gasteiger partial charge on any atom is -0.453 e. The van der Waals surface area contributed by atoms with Crippen LogP contribution in [0, 0.1) is 0 Å². The number of hydrogen-bond donors (Lipinski definition) is 2. The molecule has 1 amide bonds. The summed E-state index contributed by atoms with van der Waals surface area (Å²) >= 11 is 0. The van der Waals surface area contributed by atoms with Crippen molar-refractivity contribution in [1.29, 1.82) is 0 Å². The summed E-state index contributed by atoms with van der Waals surface area (Å²) in [6, 6.07) is 16.8. The summed E-state index contributed by atoms with van der Waals surface area (Å²) in [6.45, 7) is 1.44. The first-order chi connectivity index (χ1) is 14.5. The molecular weight excluding hydrogens is 390 g/mol. The molecule has 0 aromatic heterocycles. The van der Waals surface area contributed by atoms with Crippen LogP contribution in [0.4, 0.5) is 0 Å². The Morgan fingerprint density at radius 3 is 2.37 bits per heavy atom. The van der Waals surface area contributed by atoms with Crippen LogP contribution >= 0.6 is 0 Å². The smallest absolute Gasteiger partial charge is 0.338 e. The Hall–Kier alpha value is -2.78. The van der Waals surface area contributed by atoms with Gasteiger partial charge in [-0.2, -0.15) is 0 Å². The highest BCUT2D eigenvalue weighted by Gasteiger charge is 2.52. The molecule has 8 nitrogen and oxygen atoms in total. The van der Waals surface area contributed by atoms with Crippen LogP contribution in [0.2, 0.25) is 0 Å². The standard InChI is InChI=1S/C22H23NO7/c1-13(24)23-17-19(29-20(25)14-8-4-2-5-9-14)18-16(28-21(17)26)12-27-22(30-18)15-10-6-3-7-11-15/h2-11,16-19,21-22,26H,12H2,1H3,(H,23,24)/t16-,17-,18+,19-,21+,22?/m1/s1. The van der Waals surface area contributed by atoms with Crippen molar-refractivity contribution < 1.29 is 33.6 Å². The third kappa shape index (κ3) is 4.36. The summed E-state index contributed by atoms with van der Waals surface area (Å²) < 4.78 is 23.2. The van der Waals surface area contributed by atoms with Gasteiger partial charge in [0.25, 0.3) is 0 Å². The van der Waals surface area contributed by atoms with Gasteiger partial charge in [0.15, 0.2) is 18.7 Å². The molecule has 2 aliphatic heterocycles. The highest BCUT2D eigenvalue weighted by atomic mass is 16.7. The van der Waals surface area contributed by atoms with Crippen LogP contribution in [-0.2, 0) is 23.7 Å². The van der Waals surface area contributed by atoms with E-state index in [0.717, 1.165) is 5.56 Å². The largest absolute Gasteiger partial charge is 0.453 e. The molecule has 2 fully saturated rings. The van der Waals surface area contributed by atoms with Gasteiger partial charge in [0.1, 0.15) is 18.2 Å². The molecule has 4 rings (SSSR count). The van der Waals surface area contributed by atoms with Gasteiger partial charge in [-0.25, -0.2) is 4.79 Å². The summed E-state index contributed by atoms with van der Waals surface area (Å²) in [5, 5.41) is 13.1. The van der Waals surface area contributed by atoms with Gasteiger partial charge in [-0.1, -0.05) is 48.5 Å². The lowest BCUT2D eigenvalue weighted by Crippen LogP contribution is -2.67. The summed E-state index contributed by atoms with van der Waals surface area (Å²) in [4.78, 5) is 24.5. The maximum absolute atomic E-state index is 12.7. The lowest BCUT2D eigenvalue weighted by atomic mass is 9.95. The minimum atomic E-state index is -1.39. The van der Waals surface area contributed by atoms with Crippen LogP contribution in [0.25, 0.3) is 0 Å². The monoisotopic (exact) mass is 413 g/mol. The number of benzene rings is 2. The molecule has 8 heteroatoms. The maximum atomic E-state index is 12.7. The van der Waals surface area contributed by atoms with E-state index in [1.54, 1.807) is 30.3 Å². The molecule has 0 bridgehead atoms. The minimum absolute atomic E-state index is 0.132. The molecule has 158 valence electrons. The van der Waals surface area contributed by atoms with Crippen molar-refractivity contribution >= 4 is 11.9 Å². The molecule has 0 radical (unpaired) electrons. The number of aliphatic hydroxyl groups excluding tert-OH is 1. The lowest BCUT2D eigenvalue weighted by Gasteiger charge is -2.47. The third-order valence-electron chi connectivity index (χ3n) is 5.05. The zero-order chi connectivity index (χ0) is 21.1. The number of esters is 1. The topological polar surface area (TPSA) is 103 Å². The highest BCUT2D eigenvalue weighted by Crippen LogP contribution is 2.35. The quantitative estimate of drug-likeness (QED) is 0.733. The van der Waals surface area contributed by atoms with E-state index in [9.17, 15) is 14.7 Å². The van der Waals surface area contributed by atoms with Gasteiger partial charge in [-0.05, 0) is 12.1 Å². The summed E-state index contributed by atoms with van der Waals surface area (Å²) in [5.74, 6) is -0.983. The number of carbonyl (C=O) groups excluding carboxylic acids is 2. The Bertz CT molecular complexity index is 876. The van der Waals surface area contributed by atoms with E-state index < -0.39 is 48.8 Å². The Balaban J connectivity index is 1.61. The first-order valence-electron chi connectivity index (χ1n) is 9.71. The van der Waals surface area contributed by atoms with Gasteiger partial charge in [-0.3, -0.25) is 4.79 Å². The molecule has 2 aromatic carbocycles. The lowest BCUT2D eigenvalue weighted by molar-refractivity contribution is -0.337. The number of nitrogens with one attached hydrogen (secondary N) is 1. The Kier molecular flexibility index (Phi) is 6.10. The van der Waals surface area contributed by atoms with Gasteiger partial charge in [-0.15, -0.1) is 0 Å². The second-order valence-corrected chi connectivity index (χ2v) is 7.20. The van der Waals surface area contributed by atoms with Crippen molar-refractivity contribution in [2.24, 2.45) is 0 Å². The number of carbonyl (C=O) groups is 2. The normalized spacial score (nSPS) is 30.7. The van der Waals surface area contributed by atoms with Crippen LogP contribution in [0.1, 0.15) is 29.1 Å². The van der Waals surface area contributed by atoms with E-state index in [1.807, 2.05) is 30.3 Å². The van der Waals surface area contributed by atoms with E-state index >= 15 is 0 Å².